The molecule has 0 unspecified atom stereocenters. The molecular formula is C13H16BrClF3N5. The van der Waals surface area contributed by atoms with Crippen molar-refractivity contribution in [2.45, 2.75) is 12.7 Å². The second kappa shape index (κ2) is 5.82. The highest BCUT2D eigenvalue weighted by Crippen LogP contribution is 2.34. The minimum atomic E-state index is -4.40. The van der Waals surface area contributed by atoms with Gasteiger partial charge in [-0.2, -0.15) is 13.2 Å². The predicted octanol–water partition coefficient (Wildman–Crippen LogP) is -1.23. The fourth-order valence-electron chi connectivity index (χ4n) is 3.95. The van der Waals surface area contributed by atoms with Crippen LogP contribution in [0.15, 0.2) is 12.1 Å². The minimum Gasteiger partial charge on any atom is -1.00 e. The third-order valence-electron chi connectivity index (χ3n) is 4.37. The van der Waals surface area contributed by atoms with E-state index in [9.17, 15) is 13.2 Å². The summed E-state index contributed by atoms with van der Waals surface area (Å²) in [5.74, 6) is 0. The zero-order chi connectivity index (χ0) is 15.5. The van der Waals surface area contributed by atoms with E-state index in [0.717, 1.165) is 52.1 Å². The van der Waals surface area contributed by atoms with Gasteiger partial charge in [-0.25, -0.2) is 19.7 Å². The van der Waals surface area contributed by atoms with Crippen LogP contribution in [-0.4, -0.2) is 64.2 Å². The molecule has 23 heavy (non-hydrogen) atoms. The molecule has 0 aromatic carbocycles. The van der Waals surface area contributed by atoms with E-state index in [0.29, 0.717) is 16.7 Å². The molecular weight excluding hydrogens is 399 g/mol. The Bertz CT molecular complexity index is 576. The number of pyridine rings is 1. The van der Waals surface area contributed by atoms with Gasteiger partial charge in [-0.05, 0) is 12.1 Å². The van der Waals surface area contributed by atoms with Crippen LogP contribution in [0, 0.1) is 0 Å². The first-order valence-corrected chi connectivity index (χ1v) is 7.45. The lowest BCUT2D eigenvalue weighted by Gasteiger charge is -2.60. The fraction of sp³-hybridized carbons (Fsp3) is 0.615. The van der Waals surface area contributed by atoms with Crippen molar-refractivity contribution in [1.82, 2.24) is 19.7 Å². The van der Waals surface area contributed by atoms with E-state index < -0.39 is 11.7 Å². The predicted molar refractivity (Wildman–Crippen MR) is 72.9 cm³/mol. The summed E-state index contributed by atoms with van der Waals surface area (Å²) in [6, 6.07) is 2.01. The highest BCUT2D eigenvalue weighted by Gasteiger charge is 2.48. The largest absolute Gasteiger partial charge is 1.00 e. The maximum Gasteiger partial charge on any atom is 0.416 e. The molecule has 0 saturated carbocycles. The summed E-state index contributed by atoms with van der Waals surface area (Å²) in [7, 11) is 0. The van der Waals surface area contributed by atoms with Gasteiger partial charge in [0.15, 0.2) is 0 Å². The Labute approximate surface area is 147 Å². The number of nitrogens with zero attached hydrogens (tertiary/aromatic N) is 5. The molecule has 4 aliphatic rings. The summed E-state index contributed by atoms with van der Waals surface area (Å²) >= 11 is 5.79. The summed E-state index contributed by atoms with van der Waals surface area (Å²) in [4.78, 5) is 11.1. The first kappa shape index (κ1) is 17.4. The Balaban J connectivity index is 0.00000156. The van der Waals surface area contributed by atoms with Crippen LogP contribution in [0.5, 0.6) is 0 Å². The van der Waals surface area contributed by atoms with Crippen LogP contribution < -0.4 is 17.0 Å². The van der Waals surface area contributed by atoms with E-state index in [1.807, 2.05) is 0 Å². The van der Waals surface area contributed by atoms with Crippen molar-refractivity contribution in [1.29, 1.82) is 0 Å². The van der Waals surface area contributed by atoms with E-state index in [4.69, 9.17) is 11.6 Å². The summed E-state index contributed by atoms with van der Waals surface area (Å²) in [5, 5.41) is -0.0975. The normalized spacial score (nSPS) is 35.2. The molecule has 0 amide bonds. The Morgan fingerprint density at radius 3 is 2.04 bits per heavy atom. The number of rotatable bonds is 2. The Morgan fingerprint density at radius 2 is 1.57 bits per heavy atom. The first-order valence-electron chi connectivity index (χ1n) is 7.07. The van der Waals surface area contributed by atoms with Crippen molar-refractivity contribution in [3.8, 4) is 0 Å². The molecule has 4 bridgehead atoms. The van der Waals surface area contributed by atoms with Crippen LogP contribution in [0.2, 0.25) is 5.15 Å². The van der Waals surface area contributed by atoms with E-state index >= 15 is 0 Å². The SMILES string of the molecule is FC(F)(F)c1cc(Cl)nc(C[N+]23CN4CN(CN(C4)C2)C3)c1.[Br-]. The Morgan fingerprint density at radius 1 is 1.04 bits per heavy atom. The van der Waals surface area contributed by atoms with Gasteiger partial charge in [0, 0.05) is 0 Å². The standard InChI is InChI=1S/C13H16ClF3N5.BrH/c14-12-2-10(13(15,16)17)1-11(18-12)3-22-7-19-4-20(8-22)6-21(5-19)9-22;/h1-2H,3-9H2;1H/q+1;/p-1. The van der Waals surface area contributed by atoms with Crippen molar-refractivity contribution in [2.75, 3.05) is 40.0 Å². The van der Waals surface area contributed by atoms with Gasteiger partial charge in [-0.3, -0.25) is 4.48 Å². The van der Waals surface area contributed by atoms with Crippen molar-refractivity contribution < 1.29 is 34.6 Å². The van der Waals surface area contributed by atoms with Gasteiger partial charge in [0.05, 0.1) is 31.3 Å². The van der Waals surface area contributed by atoms with Crippen molar-refractivity contribution in [2.24, 2.45) is 0 Å². The van der Waals surface area contributed by atoms with Crippen LogP contribution in [0.4, 0.5) is 13.2 Å². The molecule has 5 nitrogen and oxygen atoms in total. The number of hydrogen-bond donors (Lipinski definition) is 0. The van der Waals surface area contributed by atoms with Crippen LogP contribution in [-0.2, 0) is 12.7 Å². The second-order valence-electron chi connectivity index (χ2n) is 6.53. The third-order valence-corrected chi connectivity index (χ3v) is 4.57. The maximum absolute atomic E-state index is 12.9. The van der Waals surface area contributed by atoms with Gasteiger partial charge in [-0.1, -0.05) is 11.6 Å². The lowest BCUT2D eigenvalue weighted by Crippen LogP contribution is -3.00. The first-order chi connectivity index (χ1) is 10.3. The quantitative estimate of drug-likeness (QED) is 0.446. The van der Waals surface area contributed by atoms with Gasteiger partial charge in [0.2, 0.25) is 0 Å². The lowest BCUT2D eigenvalue weighted by molar-refractivity contribution is -0.991. The smallest absolute Gasteiger partial charge is 0.416 e. The van der Waals surface area contributed by atoms with Crippen molar-refractivity contribution >= 4 is 11.6 Å². The molecule has 0 spiro atoms. The fourth-order valence-corrected chi connectivity index (χ4v) is 4.17. The van der Waals surface area contributed by atoms with Crippen LogP contribution in [0.1, 0.15) is 11.3 Å². The average molecular weight is 415 g/mol. The second-order valence-corrected chi connectivity index (χ2v) is 6.92. The molecule has 5 heterocycles. The van der Waals surface area contributed by atoms with E-state index in [1.54, 1.807) is 0 Å². The summed E-state index contributed by atoms with van der Waals surface area (Å²) in [6.45, 7) is 5.83. The number of quaternary nitrogens is 1. The summed E-state index contributed by atoms with van der Waals surface area (Å²) in [5.41, 5.74) is -0.317. The molecule has 5 rings (SSSR count). The summed E-state index contributed by atoms with van der Waals surface area (Å²) < 4.78 is 39.5. The van der Waals surface area contributed by atoms with Gasteiger partial charge in [-0.15, -0.1) is 0 Å². The van der Waals surface area contributed by atoms with Gasteiger partial charge < -0.3 is 17.0 Å². The van der Waals surface area contributed by atoms with Gasteiger partial charge in [0.25, 0.3) is 0 Å². The minimum absolute atomic E-state index is 0. The number of hydrogen-bond acceptors (Lipinski definition) is 4. The zero-order valence-corrected chi connectivity index (χ0v) is 14.6. The van der Waals surface area contributed by atoms with Crippen LogP contribution in [0.25, 0.3) is 0 Å². The lowest BCUT2D eigenvalue weighted by atomic mass is 10.2. The molecule has 4 aliphatic heterocycles. The highest BCUT2D eigenvalue weighted by atomic mass is 79.9. The maximum atomic E-state index is 12.9. The van der Waals surface area contributed by atoms with Gasteiger partial charge in [0.1, 0.15) is 31.7 Å². The monoisotopic (exact) mass is 413 g/mol. The van der Waals surface area contributed by atoms with E-state index in [2.05, 4.69) is 19.7 Å². The highest BCUT2D eigenvalue weighted by molar-refractivity contribution is 6.29. The Kier molecular flexibility index (Phi) is 4.40. The summed E-state index contributed by atoms with van der Waals surface area (Å²) in [6.07, 6.45) is -4.40. The Hall–Kier alpha value is -0.450. The van der Waals surface area contributed by atoms with Crippen molar-refractivity contribution in [3.05, 3.63) is 28.5 Å². The molecule has 4 saturated heterocycles. The third kappa shape index (κ3) is 3.35. The molecule has 4 fully saturated rings. The van der Waals surface area contributed by atoms with Crippen LogP contribution in [0.3, 0.4) is 0 Å². The number of aromatic nitrogens is 1. The molecule has 0 radical (unpaired) electrons. The number of halogens is 5. The molecule has 10 heteroatoms. The molecule has 1 aromatic heterocycles. The number of alkyl halides is 3. The topological polar surface area (TPSA) is 22.6 Å². The van der Waals surface area contributed by atoms with E-state index in [-0.39, 0.29) is 22.1 Å². The molecule has 0 N–H and O–H groups in total. The van der Waals surface area contributed by atoms with Crippen molar-refractivity contribution in [3.63, 3.8) is 0 Å². The van der Waals surface area contributed by atoms with Gasteiger partial charge >= 0.3 is 6.18 Å². The van der Waals surface area contributed by atoms with E-state index in [1.165, 1.54) is 0 Å². The molecule has 0 aliphatic carbocycles. The molecule has 1 aromatic rings. The molecule has 0 atom stereocenters. The van der Waals surface area contributed by atoms with Crippen LogP contribution >= 0.6 is 11.6 Å². The molecule has 128 valence electrons. The zero-order valence-electron chi connectivity index (χ0n) is 12.2. The average Bonchev–Trinajstić information content (AvgIpc) is 2.34.